The molecule has 0 aromatic carbocycles. The third-order valence-electron chi connectivity index (χ3n) is 1.03. The van der Waals surface area contributed by atoms with Gasteiger partial charge in [-0.05, 0) is 0 Å². The third kappa shape index (κ3) is 2.89. The summed E-state index contributed by atoms with van der Waals surface area (Å²) in [5, 5.41) is 21.9. The predicted octanol–water partition coefficient (Wildman–Crippen LogP) is -0.857. The van der Waals surface area contributed by atoms with Gasteiger partial charge in [-0.3, -0.25) is 5.10 Å². The van der Waals surface area contributed by atoms with Crippen LogP contribution < -0.4 is 6.15 Å². The Morgan fingerprint density at radius 2 is 1.85 bits per heavy atom. The van der Waals surface area contributed by atoms with Crippen molar-refractivity contribution in [1.29, 1.82) is 0 Å². The van der Waals surface area contributed by atoms with Crippen LogP contribution in [-0.2, 0) is 0 Å². The number of rotatable bonds is 2. The van der Waals surface area contributed by atoms with E-state index in [1.165, 1.54) is 0 Å². The molecule has 0 fully saturated rings. The van der Waals surface area contributed by atoms with Crippen LogP contribution >= 0.6 is 0 Å². The summed E-state index contributed by atoms with van der Waals surface area (Å²) in [6.45, 7) is 0. The number of carboxylic acid groups (broad SMARTS) is 2. The molecule has 1 heterocycles. The van der Waals surface area contributed by atoms with Crippen LogP contribution in [0, 0.1) is 0 Å². The van der Waals surface area contributed by atoms with Crippen LogP contribution in [0.25, 0.3) is 0 Å². The highest BCUT2D eigenvalue weighted by Gasteiger charge is 2.11. The van der Waals surface area contributed by atoms with Crippen molar-refractivity contribution in [2.75, 3.05) is 0 Å². The molecule has 1 rings (SSSR count). The molecule has 8 heteroatoms. The standard InChI is InChI=1S/C5H4N2O4.H3N.H2O/c8-4(9)2-1-3(5(10)11)7-6-2;;/h1H,(H,6,7)(H,8,9)(H,10,11);1H3;1H2. The summed E-state index contributed by atoms with van der Waals surface area (Å²) in [5.74, 6) is -2.49. The zero-order chi connectivity index (χ0) is 8.43. The molecule has 0 amide bonds. The zero-order valence-electron chi connectivity index (χ0n) is 6.44. The van der Waals surface area contributed by atoms with Crippen LogP contribution in [0.3, 0.4) is 0 Å². The minimum absolute atomic E-state index is 0. The fourth-order valence-corrected chi connectivity index (χ4v) is 0.541. The van der Waals surface area contributed by atoms with Crippen LogP contribution in [0.15, 0.2) is 6.07 Å². The number of aromatic nitrogens is 2. The van der Waals surface area contributed by atoms with Gasteiger partial charge in [-0.15, -0.1) is 0 Å². The Kier molecular flexibility index (Phi) is 5.09. The molecule has 74 valence electrons. The first-order valence-electron chi connectivity index (χ1n) is 2.63. The largest absolute Gasteiger partial charge is 0.477 e. The maximum atomic E-state index is 10.2. The molecule has 8 nitrogen and oxygen atoms in total. The van der Waals surface area contributed by atoms with E-state index in [9.17, 15) is 9.59 Å². The van der Waals surface area contributed by atoms with E-state index in [0.717, 1.165) is 6.07 Å². The fourth-order valence-electron chi connectivity index (χ4n) is 0.541. The van der Waals surface area contributed by atoms with E-state index in [1.807, 2.05) is 0 Å². The van der Waals surface area contributed by atoms with Crippen LogP contribution in [0.5, 0.6) is 0 Å². The first-order valence-corrected chi connectivity index (χ1v) is 2.63. The summed E-state index contributed by atoms with van der Waals surface area (Å²) < 4.78 is 0. The molecule has 0 spiro atoms. The summed E-state index contributed by atoms with van der Waals surface area (Å²) in [5.41, 5.74) is -0.537. The smallest absolute Gasteiger partial charge is 0.356 e. The average molecular weight is 191 g/mol. The van der Waals surface area contributed by atoms with Gasteiger partial charge in [0.05, 0.1) is 0 Å². The van der Waals surface area contributed by atoms with Gasteiger partial charge < -0.3 is 21.8 Å². The zero-order valence-corrected chi connectivity index (χ0v) is 6.44. The lowest BCUT2D eigenvalue weighted by Crippen LogP contribution is -1.96. The van der Waals surface area contributed by atoms with Crippen LogP contribution in [0.2, 0.25) is 0 Å². The molecule has 0 aliphatic carbocycles. The van der Waals surface area contributed by atoms with Gasteiger partial charge in [-0.25, -0.2) is 9.59 Å². The van der Waals surface area contributed by atoms with Gasteiger partial charge in [0, 0.05) is 6.07 Å². The Hall–Kier alpha value is -1.93. The van der Waals surface area contributed by atoms with Gasteiger partial charge in [-0.2, -0.15) is 5.10 Å². The highest BCUT2D eigenvalue weighted by atomic mass is 16.4. The van der Waals surface area contributed by atoms with Crippen LogP contribution in [0.1, 0.15) is 21.0 Å². The second-order valence-corrected chi connectivity index (χ2v) is 1.78. The fraction of sp³-hybridized carbons (Fsp3) is 0. The lowest BCUT2D eigenvalue weighted by molar-refractivity contribution is 0.0683. The monoisotopic (exact) mass is 191 g/mol. The molecule has 0 aliphatic rings. The van der Waals surface area contributed by atoms with E-state index < -0.39 is 11.9 Å². The van der Waals surface area contributed by atoms with Crippen molar-refractivity contribution in [1.82, 2.24) is 16.3 Å². The van der Waals surface area contributed by atoms with E-state index >= 15 is 0 Å². The molecule has 0 saturated carbocycles. The van der Waals surface area contributed by atoms with Crippen molar-refractivity contribution in [2.24, 2.45) is 0 Å². The van der Waals surface area contributed by atoms with Gasteiger partial charge in [-0.1, -0.05) is 0 Å². The van der Waals surface area contributed by atoms with Crippen molar-refractivity contribution in [3.8, 4) is 0 Å². The summed E-state index contributed by atoms with van der Waals surface area (Å²) in [4.78, 5) is 20.3. The number of nitrogens with zero attached hydrogens (tertiary/aromatic N) is 1. The van der Waals surface area contributed by atoms with Crippen LogP contribution in [0.4, 0.5) is 0 Å². The molecule has 0 unspecified atom stereocenters. The van der Waals surface area contributed by atoms with Gasteiger partial charge in [0.15, 0.2) is 5.69 Å². The number of nitrogens with one attached hydrogen (secondary N) is 1. The van der Waals surface area contributed by atoms with E-state index in [1.54, 1.807) is 0 Å². The highest BCUT2D eigenvalue weighted by molar-refractivity contribution is 5.91. The maximum Gasteiger partial charge on any atom is 0.356 e. The molecule has 8 N–H and O–H groups in total. The first kappa shape index (κ1) is 13.6. The quantitative estimate of drug-likeness (QED) is 0.473. The molecule has 0 bridgehead atoms. The minimum atomic E-state index is -1.26. The van der Waals surface area contributed by atoms with Crippen LogP contribution in [-0.4, -0.2) is 37.8 Å². The third-order valence-corrected chi connectivity index (χ3v) is 1.03. The Labute approximate surface area is 72.1 Å². The lowest BCUT2D eigenvalue weighted by atomic mass is 10.3. The molecular formula is C5H9N3O5. The van der Waals surface area contributed by atoms with E-state index in [-0.39, 0.29) is 23.0 Å². The Morgan fingerprint density at radius 3 is 2.08 bits per heavy atom. The topological polar surface area (TPSA) is 170 Å². The Bertz CT molecular complexity index is 278. The molecule has 0 radical (unpaired) electrons. The Morgan fingerprint density at radius 1 is 1.31 bits per heavy atom. The van der Waals surface area contributed by atoms with E-state index in [4.69, 9.17) is 10.2 Å². The SMILES string of the molecule is N.O.O=C(O)c1cc(C(=O)O)[nH]n1. The van der Waals surface area contributed by atoms with Crippen molar-refractivity contribution in [3.63, 3.8) is 0 Å². The highest BCUT2D eigenvalue weighted by Crippen LogP contribution is 1.98. The second-order valence-electron chi connectivity index (χ2n) is 1.78. The second kappa shape index (κ2) is 4.85. The average Bonchev–Trinajstić information content (AvgIpc) is 2.33. The first-order chi connectivity index (χ1) is 5.11. The molecule has 0 aliphatic heterocycles. The molecule has 1 aromatic heterocycles. The summed E-state index contributed by atoms with van der Waals surface area (Å²) in [6, 6.07) is 0.949. The number of hydrogen-bond acceptors (Lipinski definition) is 4. The summed E-state index contributed by atoms with van der Waals surface area (Å²) in [6.07, 6.45) is 0. The van der Waals surface area contributed by atoms with Gasteiger partial charge in [0.2, 0.25) is 0 Å². The minimum Gasteiger partial charge on any atom is -0.477 e. The maximum absolute atomic E-state index is 10.2. The summed E-state index contributed by atoms with van der Waals surface area (Å²) in [7, 11) is 0. The van der Waals surface area contributed by atoms with Gasteiger partial charge in [0.1, 0.15) is 5.69 Å². The molecule has 13 heavy (non-hydrogen) atoms. The van der Waals surface area contributed by atoms with E-state index in [2.05, 4.69) is 10.2 Å². The number of aromatic carboxylic acids is 2. The van der Waals surface area contributed by atoms with Gasteiger partial charge in [0.25, 0.3) is 0 Å². The lowest BCUT2D eigenvalue weighted by Gasteiger charge is -1.80. The van der Waals surface area contributed by atoms with Crippen molar-refractivity contribution in [2.45, 2.75) is 0 Å². The van der Waals surface area contributed by atoms with Crippen molar-refractivity contribution < 1.29 is 25.3 Å². The van der Waals surface area contributed by atoms with Crippen molar-refractivity contribution in [3.05, 3.63) is 17.5 Å². The molecule has 1 aromatic rings. The van der Waals surface area contributed by atoms with Crippen molar-refractivity contribution >= 4 is 11.9 Å². The Balaban J connectivity index is 0. The molecule has 0 atom stereocenters. The summed E-state index contributed by atoms with van der Waals surface area (Å²) >= 11 is 0. The molecule has 0 saturated heterocycles. The number of hydrogen-bond donors (Lipinski definition) is 4. The van der Waals surface area contributed by atoms with Gasteiger partial charge >= 0.3 is 11.9 Å². The number of carbonyl (C=O) groups is 2. The normalized spacial score (nSPS) is 8.00. The van der Waals surface area contributed by atoms with E-state index in [0.29, 0.717) is 0 Å². The number of aromatic amines is 1. The number of carboxylic acids is 2. The number of H-pyrrole nitrogens is 1. The molecular weight excluding hydrogens is 182 g/mol. The predicted molar refractivity (Wildman–Crippen MR) is 41.1 cm³/mol.